The van der Waals surface area contributed by atoms with Crippen LogP contribution >= 0.6 is 0 Å². The quantitative estimate of drug-likeness (QED) is 0.885. The van der Waals surface area contributed by atoms with E-state index in [-0.39, 0.29) is 28.7 Å². The van der Waals surface area contributed by atoms with Crippen LogP contribution in [-0.4, -0.2) is 49.3 Å². The Kier molecular flexibility index (Phi) is 3.91. The van der Waals surface area contributed by atoms with Crippen LogP contribution in [0.5, 0.6) is 0 Å². The molecule has 0 unspecified atom stereocenters. The van der Waals surface area contributed by atoms with Crippen LogP contribution in [0, 0.1) is 0 Å². The normalized spacial score (nSPS) is 19.7. The Balaban J connectivity index is 2.38. The third-order valence-corrected chi connectivity index (χ3v) is 5.07. The lowest BCUT2D eigenvalue weighted by atomic mass is 10.2. The molecular weight excluding hydrogens is 266 g/mol. The lowest BCUT2D eigenvalue weighted by Crippen LogP contribution is -2.30. The minimum absolute atomic E-state index is 0.0417. The smallest absolute Gasteiger partial charge is 0.255 e. The third kappa shape index (κ3) is 2.79. The van der Waals surface area contributed by atoms with Gasteiger partial charge in [0.2, 0.25) is 0 Å². The van der Waals surface area contributed by atoms with Crippen molar-refractivity contribution in [2.24, 2.45) is 0 Å². The van der Waals surface area contributed by atoms with Gasteiger partial charge in [-0.2, -0.15) is 0 Å². The number of rotatable bonds is 3. The largest absolute Gasteiger partial charge is 0.391 e. The van der Waals surface area contributed by atoms with E-state index in [4.69, 9.17) is 0 Å². The first-order chi connectivity index (χ1) is 8.95. The van der Waals surface area contributed by atoms with E-state index in [1.54, 1.807) is 19.1 Å². The van der Waals surface area contributed by atoms with Gasteiger partial charge in [0.25, 0.3) is 5.91 Å². The summed E-state index contributed by atoms with van der Waals surface area (Å²) in [5, 5.41) is 9.46. The Hall–Kier alpha value is -1.40. The summed E-state index contributed by atoms with van der Waals surface area (Å²) in [6.07, 6.45) is 0.0212. The molecule has 5 nitrogen and oxygen atoms in total. The molecule has 1 aliphatic rings. The van der Waals surface area contributed by atoms with Crippen molar-refractivity contribution in [2.45, 2.75) is 24.3 Å². The molecular formula is C13H17NO4S. The van der Waals surface area contributed by atoms with Crippen LogP contribution in [0.15, 0.2) is 29.2 Å². The minimum atomic E-state index is -3.43. The summed E-state index contributed by atoms with van der Waals surface area (Å²) >= 11 is 0. The van der Waals surface area contributed by atoms with E-state index in [0.717, 1.165) is 0 Å². The molecule has 1 atom stereocenters. The van der Waals surface area contributed by atoms with Gasteiger partial charge in [0.1, 0.15) is 0 Å². The standard InChI is InChI=1S/C13H17NO4S/c1-2-19(17,18)12-6-4-3-5-11(12)13(16)14-8-7-10(15)9-14/h3-6,10,15H,2,7-9H2,1H3/t10-/m0/s1. The molecule has 0 spiro atoms. The number of benzene rings is 1. The summed E-state index contributed by atoms with van der Waals surface area (Å²) in [4.78, 5) is 13.9. The maximum Gasteiger partial charge on any atom is 0.255 e. The van der Waals surface area contributed by atoms with E-state index in [2.05, 4.69) is 0 Å². The molecule has 1 amide bonds. The van der Waals surface area contributed by atoms with Gasteiger partial charge < -0.3 is 10.0 Å². The highest BCUT2D eigenvalue weighted by Gasteiger charge is 2.28. The van der Waals surface area contributed by atoms with Gasteiger partial charge in [-0.05, 0) is 18.6 Å². The highest BCUT2D eigenvalue weighted by molar-refractivity contribution is 7.91. The number of sulfone groups is 1. The number of carbonyl (C=O) groups is 1. The molecule has 0 bridgehead atoms. The molecule has 6 heteroatoms. The van der Waals surface area contributed by atoms with E-state index in [1.165, 1.54) is 17.0 Å². The molecule has 0 radical (unpaired) electrons. The van der Waals surface area contributed by atoms with Gasteiger partial charge in [0, 0.05) is 13.1 Å². The lowest BCUT2D eigenvalue weighted by Gasteiger charge is -2.17. The average molecular weight is 283 g/mol. The number of hydrogen-bond acceptors (Lipinski definition) is 4. The van der Waals surface area contributed by atoms with Crippen molar-refractivity contribution in [3.05, 3.63) is 29.8 Å². The number of carbonyl (C=O) groups excluding carboxylic acids is 1. The summed E-state index contributed by atoms with van der Waals surface area (Å²) in [6, 6.07) is 6.24. The van der Waals surface area contributed by atoms with Crippen molar-refractivity contribution >= 4 is 15.7 Å². The van der Waals surface area contributed by atoms with Crippen molar-refractivity contribution in [3.8, 4) is 0 Å². The maximum absolute atomic E-state index is 12.3. The SMILES string of the molecule is CCS(=O)(=O)c1ccccc1C(=O)N1CC[C@H](O)C1. The predicted octanol–water partition coefficient (Wildman–Crippen LogP) is 0.687. The molecule has 19 heavy (non-hydrogen) atoms. The maximum atomic E-state index is 12.3. The molecule has 0 saturated carbocycles. The summed E-state index contributed by atoms with van der Waals surface area (Å²) in [6.45, 7) is 2.27. The van der Waals surface area contributed by atoms with E-state index in [1.807, 2.05) is 0 Å². The first-order valence-corrected chi connectivity index (χ1v) is 7.90. The molecule has 1 aliphatic heterocycles. The van der Waals surface area contributed by atoms with Gasteiger partial charge in [-0.1, -0.05) is 19.1 Å². The third-order valence-electron chi connectivity index (χ3n) is 3.28. The zero-order valence-electron chi connectivity index (χ0n) is 10.7. The molecule has 2 rings (SSSR count). The lowest BCUT2D eigenvalue weighted by molar-refractivity contribution is 0.0761. The highest BCUT2D eigenvalue weighted by Crippen LogP contribution is 2.21. The van der Waals surface area contributed by atoms with Gasteiger partial charge in [-0.25, -0.2) is 8.42 Å². The average Bonchev–Trinajstić information content (AvgIpc) is 2.84. The van der Waals surface area contributed by atoms with Gasteiger partial charge in [0.15, 0.2) is 9.84 Å². The molecule has 104 valence electrons. The van der Waals surface area contributed by atoms with Crippen LogP contribution in [0.2, 0.25) is 0 Å². The highest BCUT2D eigenvalue weighted by atomic mass is 32.2. The number of β-amino-alcohol motifs (C(OH)–C–C–N with tert-alkyl or cyclic N) is 1. The molecule has 1 saturated heterocycles. The second-order valence-electron chi connectivity index (χ2n) is 4.59. The molecule has 0 aliphatic carbocycles. The van der Waals surface area contributed by atoms with Crippen LogP contribution in [-0.2, 0) is 9.84 Å². The Bertz CT molecular complexity index is 582. The summed E-state index contributed by atoms with van der Waals surface area (Å²) in [5.74, 6) is -0.371. The van der Waals surface area contributed by atoms with Crippen molar-refractivity contribution in [1.29, 1.82) is 0 Å². The molecule has 1 N–H and O–H groups in total. The molecule has 0 aromatic heterocycles. The van der Waals surface area contributed by atoms with Crippen LogP contribution in [0.1, 0.15) is 23.7 Å². The number of likely N-dealkylation sites (tertiary alicyclic amines) is 1. The summed E-state index contributed by atoms with van der Waals surface area (Å²) < 4.78 is 24.0. The first-order valence-electron chi connectivity index (χ1n) is 6.25. The van der Waals surface area contributed by atoms with Crippen molar-refractivity contribution in [2.75, 3.05) is 18.8 Å². The predicted molar refractivity (Wildman–Crippen MR) is 70.7 cm³/mol. The van der Waals surface area contributed by atoms with Gasteiger partial charge in [-0.3, -0.25) is 4.79 Å². The zero-order valence-corrected chi connectivity index (χ0v) is 11.6. The minimum Gasteiger partial charge on any atom is -0.391 e. The number of amides is 1. The van der Waals surface area contributed by atoms with Crippen molar-refractivity contribution < 1.29 is 18.3 Å². The van der Waals surface area contributed by atoms with Crippen LogP contribution in [0.4, 0.5) is 0 Å². The number of nitrogens with zero attached hydrogens (tertiary/aromatic N) is 1. The van der Waals surface area contributed by atoms with Crippen LogP contribution in [0.25, 0.3) is 0 Å². The second-order valence-corrected chi connectivity index (χ2v) is 6.84. The fourth-order valence-corrected chi connectivity index (χ4v) is 3.25. The van der Waals surface area contributed by atoms with Crippen LogP contribution in [0.3, 0.4) is 0 Å². The van der Waals surface area contributed by atoms with Crippen molar-refractivity contribution in [3.63, 3.8) is 0 Å². The van der Waals surface area contributed by atoms with E-state index in [9.17, 15) is 18.3 Å². The topological polar surface area (TPSA) is 74.7 Å². The van der Waals surface area contributed by atoms with Crippen molar-refractivity contribution in [1.82, 2.24) is 4.90 Å². The molecule has 1 aromatic carbocycles. The Morgan fingerprint density at radius 1 is 1.42 bits per heavy atom. The van der Waals surface area contributed by atoms with E-state index >= 15 is 0 Å². The molecule has 1 fully saturated rings. The fraction of sp³-hybridized carbons (Fsp3) is 0.462. The Morgan fingerprint density at radius 2 is 2.11 bits per heavy atom. The summed E-state index contributed by atoms with van der Waals surface area (Å²) in [7, 11) is -3.43. The molecule has 1 heterocycles. The number of aliphatic hydroxyl groups is 1. The van der Waals surface area contributed by atoms with Gasteiger partial charge in [0.05, 0.1) is 22.3 Å². The Morgan fingerprint density at radius 3 is 2.68 bits per heavy atom. The van der Waals surface area contributed by atoms with Gasteiger partial charge >= 0.3 is 0 Å². The molecule has 1 aromatic rings. The van der Waals surface area contributed by atoms with Gasteiger partial charge in [-0.15, -0.1) is 0 Å². The van der Waals surface area contributed by atoms with Crippen LogP contribution < -0.4 is 0 Å². The fourth-order valence-electron chi connectivity index (χ4n) is 2.17. The Labute approximate surface area is 112 Å². The monoisotopic (exact) mass is 283 g/mol. The zero-order chi connectivity index (χ0) is 14.0. The first kappa shape index (κ1) is 14.0. The summed E-state index contributed by atoms with van der Waals surface area (Å²) in [5.41, 5.74) is 0.193. The van der Waals surface area contributed by atoms with E-state index < -0.39 is 15.9 Å². The van der Waals surface area contributed by atoms with E-state index in [0.29, 0.717) is 13.0 Å². The number of aliphatic hydroxyl groups excluding tert-OH is 1. The number of hydrogen-bond donors (Lipinski definition) is 1. The second kappa shape index (κ2) is 5.30.